The first-order valence-electron chi connectivity index (χ1n) is 9.66. The Balaban J connectivity index is 1.24. The Morgan fingerprint density at radius 1 is 0.714 bits per heavy atom. The van der Waals surface area contributed by atoms with Crippen molar-refractivity contribution < 1.29 is 28.4 Å². The van der Waals surface area contributed by atoms with Gasteiger partial charge in [0.05, 0.1) is 12.2 Å². The molecule has 2 saturated heterocycles. The SMILES string of the molecule is CC(COc1ccc(-c2ccc(OCC(C)OC3CO3)cc2)cc1)OC1CO1. The van der Waals surface area contributed by atoms with Gasteiger partial charge in [-0.15, -0.1) is 0 Å². The van der Waals surface area contributed by atoms with Gasteiger partial charge >= 0.3 is 0 Å². The van der Waals surface area contributed by atoms with Crippen molar-refractivity contribution in [3.8, 4) is 22.6 Å². The maximum atomic E-state index is 5.77. The van der Waals surface area contributed by atoms with Gasteiger partial charge in [-0.2, -0.15) is 0 Å². The van der Waals surface area contributed by atoms with Crippen molar-refractivity contribution in [3.63, 3.8) is 0 Å². The zero-order chi connectivity index (χ0) is 19.3. The Bertz CT molecular complexity index is 671. The molecule has 6 nitrogen and oxygen atoms in total. The number of hydrogen-bond acceptors (Lipinski definition) is 6. The molecule has 0 amide bonds. The zero-order valence-electron chi connectivity index (χ0n) is 16.2. The third kappa shape index (κ3) is 5.94. The molecule has 0 saturated carbocycles. The van der Waals surface area contributed by atoms with Crippen molar-refractivity contribution in [1.29, 1.82) is 0 Å². The van der Waals surface area contributed by atoms with Gasteiger partial charge < -0.3 is 28.4 Å². The van der Waals surface area contributed by atoms with Crippen LogP contribution in [-0.4, -0.2) is 51.2 Å². The van der Waals surface area contributed by atoms with Gasteiger partial charge in [-0.3, -0.25) is 0 Å². The van der Waals surface area contributed by atoms with Crippen LogP contribution in [0.1, 0.15) is 13.8 Å². The Morgan fingerprint density at radius 2 is 1.07 bits per heavy atom. The van der Waals surface area contributed by atoms with E-state index in [4.69, 9.17) is 28.4 Å². The second-order valence-corrected chi connectivity index (χ2v) is 7.09. The summed E-state index contributed by atoms with van der Waals surface area (Å²) < 4.78 is 32.8. The molecule has 2 heterocycles. The van der Waals surface area contributed by atoms with Gasteiger partial charge in [-0.1, -0.05) is 24.3 Å². The fraction of sp³-hybridized carbons (Fsp3) is 0.455. The summed E-state index contributed by atoms with van der Waals surface area (Å²) >= 11 is 0. The third-order valence-corrected chi connectivity index (χ3v) is 4.39. The summed E-state index contributed by atoms with van der Waals surface area (Å²) in [6.07, 6.45) is -0.0824. The summed E-state index contributed by atoms with van der Waals surface area (Å²) in [5, 5.41) is 0. The highest BCUT2D eigenvalue weighted by molar-refractivity contribution is 5.64. The van der Waals surface area contributed by atoms with Crippen LogP contribution in [0.15, 0.2) is 48.5 Å². The minimum atomic E-state index is -0.0455. The van der Waals surface area contributed by atoms with E-state index in [1.165, 1.54) is 0 Å². The van der Waals surface area contributed by atoms with E-state index in [0.717, 1.165) is 22.6 Å². The van der Waals surface area contributed by atoms with Gasteiger partial charge in [0.1, 0.15) is 37.9 Å². The molecule has 2 aliphatic rings. The fourth-order valence-electron chi connectivity index (χ4n) is 2.75. The number of rotatable bonds is 11. The molecular weight excluding hydrogens is 360 g/mol. The first kappa shape index (κ1) is 19.2. The monoisotopic (exact) mass is 386 g/mol. The normalized spacial score (nSPS) is 22.4. The molecule has 0 N–H and O–H groups in total. The molecule has 2 aliphatic heterocycles. The maximum absolute atomic E-state index is 5.77. The summed E-state index contributed by atoms with van der Waals surface area (Å²) in [6, 6.07) is 16.1. The molecule has 4 unspecified atom stereocenters. The van der Waals surface area contributed by atoms with Gasteiger partial charge in [0, 0.05) is 0 Å². The molecule has 4 atom stereocenters. The number of ether oxygens (including phenoxy) is 6. The van der Waals surface area contributed by atoms with Crippen molar-refractivity contribution >= 4 is 0 Å². The molecule has 0 bridgehead atoms. The van der Waals surface area contributed by atoms with Crippen LogP contribution in [0.5, 0.6) is 11.5 Å². The highest BCUT2D eigenvalue weighted by Gasteiger charge is 2.26. The van der Waals surface area contributed by atoms with Gasteiger partial charge in [0.25, 0.3) is 0 Å². The summed E-state index contributed by atoms with van der Waals surface area (Å²) in [4.78, 5) is 0. The van der Waals surface area contributed by atoms with Crippen molar-refractivity contribution in [1.82, 2.24) is 0 Å². The van der Waals surface area contributed by atoms with Crippen molar-refractivity contribution in [2.45, 2.75) is 38.6 Å². The lowest BCUT2D eigenvalue weighted by Crippen LogP contribution is -2.19. The highest BCUT2D eigenvalue weighted by atomic mass is 16.8. The van der Waals surface area contributed by atoms with Crippen LogP contribution in [-0.2, 0) is 18.9 Å². The van der Waals surface area contributed by atoms with Gasteiger partial charge in [-0.25, -0.2) is 0 Å². The largest absolute Gasteiger partial charge is 0.491 e. The minimum Gasteiger partial charge on any atom is -0.491 e. The minimum absolute atomic E-state index is 0.00430. The predicted molar refractivity (Wildman–Crippen MR) is 103 cm³/mol. The highest BCUT2D eigenvalue weighted by Crippen LogP contribution is 2.25. The van der Waals surface area contributed by atoms with Crippen LogP contribution >= 0.6 is 0 Å². The van der Waals surface area contributed by atoms with Crippen LogP contribution in [0.4, 0.5) is 0 Å². The standard InChI is InChI=1S/C22H26O6/c1-15(27-21-13-25-21)11-23-19-7-3-17(4-8-19)18-5-9-20(10-6-18)24-12-16(2)28-22-14-26-22/h3-10,15-16,21-22H,11-14H2,1-2H3. The topological polar surface area (TPSA) is 62.0 Å². The van der Waals surface area contributed by atoms with E-state index >= 15 is 0 Å². The second-order valence-electron chi connectivity index (χ2n) is 7.09. The quantitative estimate of drug-likeness (QED) is 0.550. The average molecular weight is 386 g/mol. The Labute approximate surface area is 165 Å². The Hall–Kier alpha value is -2.12. The van der Waals surface area contributed by atoms with E-state index in [-0.39, 0.29) is 24.8 Å². The first-order valence-corrected chi connectivity index (χ1v) is 9.66. The summed E-state index contributed by atoms with van der Waals surface area (Å²) in [5.74, 6) is 1.65. The molecule has 0 radical (unpaired) electrons. The van der Waals surface area contributed by atoms with Gasteiger partial charge in [-0.05, 0) is 49.2 Å². The summed E-state index contributed by atoms with van der Waals surface area (Å²) in [5.41, 5.74) is 2.24. The number of epoxide rings is 2. The van der Waals surface area contributed by atoms with E-state index < -0.39 is 0 Å². The maximum Gasteiger partial charge on any atom is 0.181 e. The Kier molecular flexibility index (Phi) is 6.12. The van der Waals surface area contributed by atoms with Crippen molar-refractivity contribution in [2.24, 2.45) is 0 Å². The lowest BCUT2D eigenvalue weighted by molar-refractivity contribution is -0.0225. The number of benzene rings is 2. The second kappa shape index (κ2) is 8.92. The molecule has 4 rings (SSSR count). The first-order chi connectivity index (χ1) is 13.7. The van der Waals surface area contributed by atoms with E-state index in [1.54, 1.807) is 0 Å². The zero-order valence-corrected chi connectivity index (χ0v) is 16.2. The van der Waals surface area contributed by atoms with E-state index in [9.17, 15) is 0 Å². The molecule has 150 valence electrons. The van der Waals surface area contributed by atoms with Crippen LogP contribution in [0.3, 0.4) is 0 Å². The molecule has 28 heavy (non-hydrogen) atoms. The smallest absolute Gasteiger partial charge is 0.181 e. The fourth-order valence-corrected chi connectivity index (χ4v) is 2.75. The van der Waals surface area contributed by atoms with Gasteiger partial charge in [0.15, 0.2) is 12.6 Å². The molecule has 6 heteroatoms. The molecule has 2 fully saturated rings. The van der Waals surface area contributed by atoms with E-state index in [0.29, 0.717) is 26.4 Å². The van der Waals surface area contributed by atoms with E-state index in [1.807, 2.05) is 62.4 Å². The lowest BCUT2D eigenvalue weighted by Gasteiger charge is -2.14. The third-order valence-electron chi connectivity index (χ3n) is 4.39. The summed E-state index contributed by atoms with van der Waals surface area (Å²) in [7, 11) is 0. The predicted octanol–water partition coefficient (Wildman–Crippen LogP) is 3.63. The van der Waals surface area contributed by atoms with Crippen molar-refractivity contribution in [3.05, 3.63) is 48.5 Å². The summed E-state index contributed by atoms with van der Waals surface area (Å²) in [6.45, 7) is 6.33. The van der Waals surface area contributed by atoms with Crippen LogP contribution < -0.4 is 9.47 Å². The Morgan fingerprint density at radius 3 is 1.39 bits per heavy atom. The van der Waals surface area contributed by atoms with Crippen molar-refractivity contribution in [2.75, 3.05) is 26.4 Å². The van der Waals surface area contributed by atoms with E-state index in [2.05, 4.69) is 0 Å². The van der Waals surface area contributed by atoms with Gasteiger partial charge in [0.2, 0.25) is 0 Å². The average Bonchev–Trinajstić information content (AvgIpc) is 3.63. The molecule has 0 aliphatic carbocycles. The molecule has 2 aromatic rings. The van der Waals surface area contributed by atoms with Crippen LogP contribution in [0.2, 0.25) is 0 Å². The molecule has 2 aromatic carbocycles. The molecule has 0 spiro atoms. The molecular formula is C22H26O6. The number of hydrogen-bond donors (Lipinski definition) is 0. The molecule has 0 aromatic heterocycles. The van der Waals surface area contributed by atoms with Crippen LogP contribution in [0, 0.1) is 0 Å². The lowest BCUT2D eigenvalue weighted by atomic mass is 10.1. The van der Waals surface area contributed by atoms with Crippen LogP contribution in [0.25, 0.3) is 11.1 Å².